The van der Waals surface area contributed by atoms with Crippen LogP contribution in [0.5, 0.6) is 5.75 Å². The number of benzene rings is 2. The molecule has 2 aromatic rings. The standard InChI is InChI=1S/C31H45NO5S/c1-23(22-38-3)19-35-20-24-8-11-26(12-9-24)31-28(33)6-4-7-30(31)37-21-25-10-13-29-27(18-25)32(15-17-36-29)14-5-16-34-2/h8-13,18,23,28,30-31,33H,4-7,14-17,19-22H2,1-3H3/t23-,28-,30+,31+/m1/s1. The van der Waals surface area contributed by atoms with Gasteiger partial charge in [0.15, 0.2) is 0 Å². The van der Waals surface area contributed by atoms with Gasteiger partial charge in [-0.05, 0) is 72.4 Å². The molecule has 38 heavy (non-hydrogen) atoms. The second-order valence-corrected chi connectivity index (χ2v) is 11.6. The maximum absolute atomic E-state index is 11.0. The van der Waals surface area contributed by atoms with Crippen LogP contribution in [0.1, 0.15) is 55.2 Å². The van der Waals surface area contributed by atoms with Gasteiger partial charge in [-0.1, -0.05) is 37.3 Å². The van der Waals surface area contributed by atoms with Gasteiger partial charge in [-0.25, -0.2) is 0 Å². The highest BCUT2D eigenvalue weighted by atomic mass is 32.2. The molecule has 4 rings (SSSR count). The van der Waals surface area contributed by atoms with Crippen molar-refractivity contribution in [2.75, 3.05) is 56.9 Å². The number of fused-ring (bicyclic) bond motifs is 1. The zero-order valence-corrected chi connectivity index (χ0v) is 24.1. The van der Waals surface area contributed by atoms with Crippen molar-refractivity contribution in [3.05, 3.63) is 59.2 Å². The van der Waals surface area contributed by atoms with Crippen molar-refractivity contribution in [3.8, 4) is 5.75 Å². The van der Waals surface area contributed by atoms with Gasteiger partial charge >= 0.3 is 0 Å². The van der Waals surface area contributed by atoms with Crippen molar-refractivity contribution in [2.24, 2.45) is 5.92 Å². The summed E-state index contributed by atoms with van der Waals surface area (Å²) >= 11 is 1.86. The first-order chi connectivity index (χ1) is 18.6. The van der Waals surface area contributed by atoms with Crippen LogP contribution in [0.2, 0.25) is 0 Å². The second-order valence-electron chi connectivity index (χ2n) is 10.7. The molecule has 0 spiro atoms. The zero-order valence-electron chi connectivity index (χ0n) is 23.3. The molecule has 1 saturated carbocycles. The average Bonchev–Trinajstić information content (AvgIpc) is 2.93. The molecular weight excluding hydrogens is 498 g/mol. The van der Waals surface area contributed by atoms with Gasteiger partial charge in [-0.3, -0.25) is 0 Å². The Kier molecular flexibility index (Phi) is 11.6. The van der Waals surface area contributed by atoms with Gasteiger partial charge in [0.2, 0.25) is 0 Å². The summed E-state index contributed by atoms with van der Waals surface area (Å²) in [7, 11) is 1.75. The molecule has 0 unspecified atom stereocenters. The van der Waals surface area contributed by atoms with E-state index in [1.165, 1.54) is 5.56 Å². The number of anilines is 1. The van der Waals surface area contributed by atoms with Crippen molar-refractivity contribution in [3.63, 3.8) is 0 Å². The molecule has 1 aliphatic carbocycles. The SMILES string of the molecule is COCCCN1CCOc2ccc(CO[C@H]3CCC[C@@H](O)[C@@H]3c3ccc(COC[C@@H](C)CSC)cc3)cc21. The molecule has 7 heteroatoms. The van der Waals surface area contributed by atoms with Crippen LogP contribution in [0.3, 0.4) is 0 Å². The molecule has 0 bridgehead atoms. The lowest BCUT2D eigenvalue weighted by Gasteiger charge is -2.36. The molecule has 1 N–H and O–H groups in total. The Hall–Kier alpha value is -1.77. The number of nitrogens with zero attached hydrogens (tertiary/aromatic N) is 1. The van der Waals surface area contributed by atoms with Crippen LogP contribution in [0.15, 0.2) is 42.5 Å². The molecule has 6 nitrogen and oxygen atoms in total. The first kappa shape index (κ1) is 29.2. The largest absolute Gasteiger partial charge is 0.490 e. The fourth-order valence-corrected chi connectivity index (χ4v) is 6.21. The van der Waals surface area contributed by atoms with E-state index in [-0.39, 0.29) is 12.0 Å². The Bertz CT molecular complexity index is 971. The van der Waals surface area contributed by atoms with E-state index in [0.29, 0.717) is 25.7 Å². The van der Waals surface area contributed by atoms with Crippen LogP contribution in [-0.2, 0) is 27.4 Å². The minimum Gasteiger partial charge on any atom is -0.490 e. The zero-order chi connectivity index (χ0) is 26.7. The number of methoxy groups -OCH3 is 1. The normalized spacial score (nSPS) is 22.1. The minimum absolute atomic E-state index is 0.0154. The lowest BCUT2D eigenvalue weighted by molar-refractivity contribution is -0.0426. The van der Waals surface area contributed by atoms with Crippen molar-refractivity contribution in [1.82, 2.24) is 0 Å². The molecule has 4 atom stereocenters. The van der Waals surface area contributed by atoms with Gasteiger partial charge in [-0.15, -0.1) is 0 Å². The van der Waals surface area contributed by atoms with Gasteiger partial charge in [0.05, 0.1) is 44.3 Å². The van der Waals surface area contributed by atoms with E-state index in [4.69, 9.17) is 18.9 Å². The molecule has 1 aliphatic heterocycles. The van der Waals surface area contributed by atoms with E-state index >= 15 is 0 Å². The van der Waals surface area contributed by atoms with Crippen LogP contribution < -0.4 is 9.64 Å². The summed E-state index contributed by atoms with van der Waals surface area (Å²) in [6, 6.07) is 14.9. The molecule has 0 amide bonds. The number of thioether (sulfide) groups is 1. The Morgan fingerprint density at radius 1 is 1.11 bits per heavy atom. The maximum atomic E-state index is 11.0. The quantitative estimate of drug-likeness (QED) is 0.309. The van der Waals surface area contributed by atoms with Crippen LogP contribution in [0.25, 0.3) is 0 Å². The average molecular weight is 544 g/mol. The summed E-state index contributed by atoms with van der Waals surface area (Å²) in [5.74, 6) is 2.59. The molecule has 0 saturated heterocycles. The molecule has 2 aliphatic rings. The van der Waals surface area contributed by atoms with Crippen molar-refractivity contribution in [2.45, 2.75) is 63.9 Å². The van der Waals surface area contributed by atoms with Crippen molar-refractivity contribution < 1.29 is 24.1 Å². The third-order valence-electron chi connectivity index (χ3n) is 7.51. The monoisotopic (exact) mass is 543 g/mol. The highest BCUT2D eigenvalue weighted by molar-refractivity contribution is 7.98. The summed E-state index contributed by atoms with van der Waals surface area (Å²) in [5.41, 5.74) is 4.58. The minimum atomic E-state index is -0.392. The van der Waals surface area contributed by atoms with E-state index in [0.717, 1.165) is 80.3 Å². The molecule has 0 radical (unpaired) electrons. The summed E-state index contributed by atoms with van der Waals surface area (Å²) in [6.45, 7) is 7.44. The Morgan fingerprint density at radius 3 is 2.71 bits per heavy atom. The fraction of sp³-hybridized carbons (Fsp3) is 0.613. The Balaban J connectivity index is 1.37. The highest BCUT2D eigenvalue weighted by Crippen LogP contribution is 2.37. The third-order valence-corrected chi connectivity index (χ3v) is 8.42. The smallest absolute Gasteiger partial charge is 0.142 e. The van der Waals surface area contributed by atoms with Crippen LogP contribution in [-0.4, -0.2) is 69.3 Å². The predicted octanol–water partition coefficient (Wildman–Crippen LogP) is 5.65. The second kappa shape index (κ2) is 15.1. The van der Waals surface area contributed by atoms with Gasteiger partial charge in [0, 0.05) is 26.2 Å². The molecule has 210 valence electrons. The molecule has 1 fully saturated rings. The lowest BCUT2D eigenvalue weighted by atomic mass is 9.79. The van der Waals surface area contributed by atoms with Gasteiger partial charge in [-0.2, -0.15) is 11.8 Å². The van der Waals surface area contributed by atoms with E-state index in [9.17, 15) is 5.11 Å². The van der Waals surface area contributed by atoms with E-state index < -0.39 is 6.10 Å². The van der Waals surface area contributed by atoms with E-state index in [2.05, 4.69) is 60.5 Å². The van der Waals surface area contributed by atoms with Gasteiger partial charge in [0.1, 0.15) is 12.4 Å². The first-order valence-electron chi connectivity index (χ1n) is 14.0. The topological polar surface area (TPSA) is 60.4 Å². The number of hydrogen-bond acceptors (Lipinski definition) is 7. The first-order valence-corrected chi connectivity index (χ1v) is 15.4. The van der Waals surface area contributed by atoms with Crippen LogP contribution in [0, 0.1) is 5.92 Å². The van der Waals surface area contributed by atoms with E-state index in [1.807, 2.05) is 11.8 Å². The number of rotatable bonds is 14. The number of aliphatic hydroxyl groups is 1. The molecule has 2 aromatic carbocycles. The summed E-state index contributed by atoms with van der Waals surface area (Å²) < 4.78 is 23.6. The number of hydrogen-bond donors (Lipinski definition) is 1. The lowest BCUT2D eigenvalue weighted by Crippen LogP contribution is -2.36. The summed E-state index contributed by atoms with van der Waals surface area (Å²) in [6.07, 6.45) is 5.46. The summed E-state index contributed by atoms with van der Waals surface area (Å²) in [4.78, 5) is 2.38. The predicted molar refractivity (Wildman–Crippen MR) is 155 cm³/mol. The Morgan fingerprint density at radius 2 is 1.92 bits per heavy atom. The molecule has 1 heterocycles. The molecular formula is C31H45NO5S. The van der Waals surface area contributed by atoms with E-state index in [1.54, 1.807) is 7.11 Å². The highest BCUT2D eigenvalue weighted by Gasteiger charge is 2.34. The third kappa shape index (κ3) is 8.12. The maximum Gasteiger partial charge on any atom is 0.142 e. The summed E-state index contributed by atoms with van der Waals surface area (Å²) in [5, 5.41) is 11.0. The fourth-order valence-electron chi connectivity index (χ4n) is 5.55. The number of ether oxygens (including phenoxy) is 4. The molecule has 0 aromatic heterocycles. The van der Waals surface area contributed by atoms with Crippen LogP contribution in [0.4, 0.5) is 5.69 Å². The van der Waals surface area contributed by atoms with Crippen LogP contribution >= 0.6 is 11.8 Å². The van der Waals surface area contributed by atoms with Gasteiger partial charge < -0.3 is 29.0 Å². The number of aliphatic hydroxyl groups excluding tert-OH is 1. The van der Waals surface area contributed by atoms with Gasteiger partial charge in [0.25, 0.3) is 0 Å². The van der Waals surface area contributed by atoms with Crippen molar-refractivity contribution >= 4 is 17.4 Å². The Labute approximate surface area is 233 Å². The van der Waals surface area contributed by atoms with Crippen molar-refractivity contribution in [1.29, 1.82) is 0 Å².